The quantitative estimate of drug-likeness (QED) is 0.579. The van der Waals surface area contributed by atoms with Crippen molar-refractivity contribution >= 4 is 27.3 Å². The number of benzene rings is 3. The van der Waals surface area contributed by atoms with Crippen LogP contribution in [-0.2, 0) is 10.0 Å². The maximum Gasteiger partial charge on any atom is 0.261 e. The van der Waals surface area contributed by atoms with Crippen LogP contribution in [0.2, 0.25) is 0 Å². The molecule has 9 heteroatoms. The molecule has 3 rings (SSSR count). The largest absolute Gasteiger partial charge is 0.494 e. The summed E-state index contributed by atoms with van der Waals surface area (Å²) in [5.41, 5.74) is 0.248. The Balaban J connectivity index is 1.69. The van der Waals surface area contributed by atoms with Crippen molar-refractivity contribution in [2.24, 2.45) is 0 Å². The summed E-state index contributed by atoms with van der Waals surface area (Å²) in [5.74, 6) is -1.72. The van der Waals surface area contributed by atoms with Crippen molar-refractivity contribution in [2.75, 3.05) is 16.6 Å². The third-order valence-electron chi connectivity index (χ3n) is 4.02. The van der Waals surface area contributed by atoms with Gasteiger partial charge in [-0.1, -0.05) is 0 Å². The van der Waals surface area contributed by atoms with Crippen LogP contribution in [0.15, 0.2) is 71.6 Å². The first-order chi connectivity index (χ1) is 14.3. The number of rotatable bonds is 7. The van der Waals surface area contributed by atoms with Crippen LogP contribution in [0, 0.1) is 11.6 Å². The molecule has 3 aromatic rings. The van der Waals surface area contributed by atoms with Crippen LogP contribution in [-0.4, -0.2) is 20.9 Å². The maximum absolute atomic E-state index is 13.7. The van der Waals surface area contributed by atoms with Gasteiger partial charge in [-0.05, 0) is 67.6 Å². The van der Waals surface area contributed by atoms with E-state index in [9.17, 15) is 22.0 Å². The first-order valence-corrected chi connectivity index (χ1v) is 10.4. The molecule has 2 N–H and O–H groups in total. The SMILES string of the molecule is CCOc1ccc(S(=O)(=O)Nc2ccc(C(=O)Nc3ccc(F)cc3F)cc2)cc1. The van der Waals surface area contributed by atoms with E-state index in [-0.39, 0.29) is 21.8 Å². The third-order valence-corrected chi connectivity index (χ3v) is 5.42. The Hall–Kier alpha value is -3.46. The number of halogens is 2. The number of amides is 1. The Morgan fingerprint density at radius 1 is 0.967 bits per heavy atom. The highest BCUT2D eigenvalue weighted by Crippen LogP contribution is 2.21. The van der Waals surface area contributed by atoms with Gasteiger partial charge in [0.15, 0.2) is 0 Å². The summed E-state index contributed by atoms with van der Waals surface area (Å²) < 4.78 is 59.3. The minimum atomic E-state index is -3.83. The highest BCUT2D eigenvalue weighted by Gasteiger charge is 2.15. The summed E-state index contributed by atoms with van der Waals surface area (Å²) in [4.78, 5) is 12.3. The van der Waals surface area contributed by atoms with Crippen LogP contribution in [0.4, 0.5) is 20.2 Å². The van der Waals surface area contributed by atoms with Crippen LogP contribution < -0.4 is 14.8 Å². The third kappa shape index (κ3) is 5.12. The smallest absolute Gasteiger partial charge is 0.261 e. The predicted octanol–water partition coefficient (Wildman–Crippen LogP) is 4.42. The molecule has 3 aromatic carbocycles. The molecule has 0 aliphatic rings. The molecule has 0 unspecified atom stereocenters. The molecule has 6 nitrogen and oxygen atoms in total. The Labute approximate surface area is 172 Å². The lowest BCUT2D eigenvalue weighted by atomic mass is 10.2. The van der Waals surface area contributed by atoms with Gasteiger partial charge in [0.05, 0.1) is 17.2 Å². The van der Waals surface area contributed by atoms with Crippen molar-refractivity contribution < 1.29 is 26.7 Å². The van der Waals surface area contributed by atoms with Gasteiger partial charge in [0, 0.05) is 17.3 Å². The molecule has 0 heterocycles. The Morgan fingerprint density at radius 3 is 2.23 bits per heavy atom. The molecule has 1 amide bonds. The molecule has 0 atom stereocenters. The fraction of sp³-hybridized carbons (Fsp3) is 0.0952. The van der Waals surface area contributed by atoms with Gasteiger partial charge in [-0.3, -0.25) is 9.52 Å². The Morgan fingerprint density at radius 2 is 1.63 bits per heavy atom. The fourth-order valence-corrected chi connectivity index (χ4v) is 3.63. The second-order valence-corrected chi connectivity index (χ2v) is 7.85. The first-order valence-electron chi connectivity index (χ1n) is 8.90. The van der Waals surface area contributed by atoms with Gasteiger partial charge in [0.2, 0.25) is 0 Å². The van der Waals surface area contributed by atoms with Gasteiger partial charge in [-0.2, -0.15) is 0 Å². The van der Waals surface area contributed by atoms with E-state index in [1.807, 2.05) is 6.92 Å². The van der Waals surface area contributed by atoms with Gasteiger partial charge < -0.3 is 10.1 Å². The van der Waals surface area contributed by atoms with E-state index in [1.54, 1.807) is 12.1 Å². The van der Waals surface area contributed by atoms with Crippen molar-refractivity contribution in [2.45, 2.75) is 11.8 Å². The normalized spacial score (nSPS) is 11.0. The molecule has 0 radical (unpaired) electrons. The number of carbonyl (C=O) groups excluding carboxylic acids is 1. The van der Waals surface area contributed by atoms with Crippen molar-refractivity contribution in [1.29, 1.82) is 0 Å². The van der Waals surface area contributed by atoms with Crippen LogP contribution in [0.5, 0.6) is 5.75 Å². The molecule has 0 fully saturated rings. The molecule has 0 aliphatic heterocycles. The van der Waals surface area contributed by atoms with E-state index in [0.29, 0.717) is 18.4 Å². The van der Waals surface area contributed by atoms with Crippen LogP contribution in [0.1, 0.15) is 17.3 Å². The summed E-state index contributed by atoms with van der Waals surface area (Å²) in [6.07, 6.45) is 0. The molecule has 0 bridgehead atoms. The van der Waals surface area contributed by atoms with Gasteiger partial charge in [0.25, 0.3) is 15.9 Å². The lowest BCUT2D eigenvalue weighted by Gasteiger charge is -2.10. The van der Waals surface area contributed by atoms with E-state index in [2.05, 4.69) is 10.0 Å². The predicted molar refractivity (Wildman–Crippen MR) is 109 cm³/mol. The Bertz CT molecular complexity index is 1150. The van der Waals surface area contributed by atoms with Gasteiger partial charge in [0.1, 0.15) is 17.4 Å². The van der Waals surface area contributed by atoms with Crippen LogP contribution in [0.25, 0.3) is 0 Å². The van der Waals surface area contributed by atoms with Crippen molar-refractivity contribution in [3.8, 4) is 5.75 Å². The van der Waals surface area contributed by atoms with Crippen LogP contribution in [0.3, 0.4) is 0 Å². The van der Waals surface area contributed by atoms with Crippen LogP contribution >= 0.6 is 0 Å². The average molecular weight is 432 g/mol. The van der Waals surface area contributed by atoms with Crippen molar-refractivity contribution in [3.63, 3.8) is 0 Å². The van der Waals surface area contributed by atoms with Crippen molar-refractivity contribution in [3.05, 3.63) is 83.9 Å². The van der Waals surface area contributed by atoms with Gasteiger partial charge in [-0.25, -0.2) is 17.2 Å². The van der Waals surface area contributed by atoms with E-state index in [0.717, 1.165) is 12.1 Å². The summed E-state index contributed by atoms with van der Waals surface area (Å²) in [6, 6.07) is 14.3. The molecule has 30 heavy (non-hydrogen) atoms. The zero-order valence-electron chi connectivity index (χ0n) is 15.9. The molecule has 0 saturated heterocycles. The topological polar surface area (TPSA) is 84.5 Å². The minimum absolute atomic E-state index is 0.0551. The van der Waals surface area contributed by atoms with E-state index in [4.69, 9.17) is 4.74 Å². The number of nitrogens with one attached hydrogen (secondary N) is 2. The Kier molecular flexibility index (Phi) is 6.31. The highest BCUT2D eigenvalue weighted by molar-refractivity contribution is 7.92. The molecule has 156 valence electrons. The van der Waals surface area contributed by atoms with Gasteiger partial charge in [-0.15, -0.1) is 0 Å². The zero-order chi connectivity index (χ0) is 21.7. The second kappa shape index (κ2) is 8.91. The number of carbonyl (C=O) groups is 1. The zero-order valence-corrected chi connectivity index (χ0v) is 16.7. The standard InChI is InChI=1S/C21H18F2N2O4S/c1-2-29-17-8-10-18(11-9-17)30(27,28)25-16-6-3-14(4-7-16)21(26)24-20-12-5-15(22)13-19(20)23/h3-13,25H,2H2,1H3,(H,24,26). The average Bonchev–Trinajstić information content (AvgIpc) is 2.71. The molecule has 0 saturated carbocycles. The highest BCUT2D eigenvalue weighted by atomic mass is 32.2. The number of hydrogen-bond donors (Lipinski definition) is 2. The monoisotopic (exact) mass is 432 g/mol. The number of anilines is 2. The number of sulfonamides is 1. The minimum Gasteiger partial charge on any atom is -0.494 e. The molecular weight excluding hydrogens is 414 g/mol. The molecule has 0 aliphatic carbocycles. The van der Waals surface area contributed by atoms with E-state index in [1.165, 1.54) is 36.4 Å². The molecule has 0 spiro atoms. The fourth-order valence-electron chi connectivity index (χ4n) is 2.57. The van der Waals surface area contributed by atoms with Gasteiger partial charge >= 0.3 is 0 Å². The lowest BCUT2D eigenvalue weighted by molar-refractivity contribution is 0.102. The van der Waals surface area contributed by atoms with E-state index < -0.39 is 27.6 Å². The first kappa shape index (κ1) is 21.3. The maximum atomic E-state index is 13.7. The molecular formula is C21H18F2N2O4S. The number of ether oxygens (including phenoxy) is 1. The number of hydrogen-bond acceptors (Lipinski definition) is 4. The summed E-state index contributed by atoms with van der Waals surface area (Å²) in [6.45, 7) is 2.30. The van der Waals surface area contributed by atoms with E-state index >= 15 is 0 Å². The lowest BCUT2D eigenvalue weighted by Crippen LogP contribution is -2.14. The summed E-state index contributed by atoms with van der Waals surface area (Å²) >= 11 is 0. The summed E-state index contributed by atoms with van der Waals surface area (Å²) in [7, 11) is -3.83. The van der Waals surface area contributed by atoms with Crippen molar-refractivity contribution in [1.82, 2.24) is 0 Å². The second-order valence-electron chi connectivity index (χ2n) is 6.17. The molecule has 0 aromatic heterocycles. The summed E-state index contributed by atoms with van der Waals surface area (Å²) in [5, 5.41) is 2.33.